The normalized spacial score (nSPS) is 10.1. The van der Waals surface area contributed by atoms with Crippen LogP contribution < -0.4 is 9.88 Å². The molecule has 0 unspecified atom stereocenters. The van der Waals surface area contributed by atoms with Gasteiger partial charge < -0.3 is 14.8 Å². The van der Waals surface area contributed by atoms with E-state index in [0.717, 1.165) is 0 Å². The predicted molar refractivity (Wildman–Crippen MR) is 102 cm³/mol. The lowest BCUT2D eigenvalue weighted by atomic mass is 10.2. The molecule has 0 radical (unpaired) electrons. The van der Waals surface area contributed by atoms with Crippen LogP contribution in [0, 0.1) is 0 Å². The van der Waals surface area contributed by atoms with Gasteiger partial charge in [-0.2, -0.15) is 4.57 Å². The summed E-state index contributed by atoms with van der Waals surface area (Å²) in [4.78, 5) is 47.3. The van der Waals surface area contributed by atoms with Gasteiger partial charge in [0, 0.05) is 6.07 Å². The molecule has 1 aromatic heterocycles. The van der Waals surface area contributed by atoms with Crippen molar-refractivity contribution in [1.82, 2.24) is 5.32 Å². The largest absolute Gasteiger partial charge is 0.466 e. The summed E-state index contributed by atoms with van der Waals surface area (Å²) >= 11 is 0. The molecule has 1 N–H and O–H groups in total. The third-order valence-corrected chi connectivity index (χ3v) is 3.76. The predicted octanol–water partition coefficient (Wildman–Crippen LogP) is 1.08. The van der Waals surface area contributed by atoms with Gasteiger partial charge in [-0.1, -0.05) is 18.2 Å². The smallest absolute Gasteiger partial charge is 0.338 e. The molecule has 29 heavy (non-hydrogen) atoms. The summed E-state index contributed by atoms with van der Waals surface area (Å²) in [7, 11) is 0. The van der Waals surface area contributed by atoms with Crippen LogP contribution >= 0.6 is 0 Å². The second-order valence-corrected chi connectivity index (χ2v) is 6.04. The van der Waals surface area contributed by atoms with Crippen LogP contribution in [0.1, 0.15) is 34.1 Å². The first-order valence-electron chi connectivity index (χ1n) is 9.16. The fourth-order valence-corrected chi connectivity index (χ4v) is 2.46. The molecule has 0 saturated heterocycles. The highest BCUT2D eigenvalue weighted by molar-refractivity contribution is 5.95. The number of amides is 1. The Bertz CT molecular complexity index is 866. The second-order valence-electron chi connectivity index (χ2n) is 6.04. The maximum Gasteiger partial charge on any atom is 0.338 e. The maximum atomic E-state index is 12.2. The molecule has 0 spiro atoms. The minimum atomic E-state index is -0.572. The van der Waals surface area contributed by atoms with Crippen molar-refractivity contribution in [2.45, 2.75) is 19.9 Å². The molecule has 0 aliphatic rings. The van der Waals surface area contributed by atoms with E-state index in [2.05, 4.69) is 5.32 Å². The molecule has 0 fully saturated rings. The minimum absolute atomic E-state index is 0.0321. The fraction of sp³-hybridized carbons (Fsp3) is 0.286. The minimum Gasteiger partial charge on any atom is -0.466 e. The number of ether oxygens (including phenoxy) is 2. The molecule has 0 bridgehead atoms. The van der Waals surface area contributed by atoms with Gasteiger partial charge >= 0.3 is 11.9 Å². The number of aromatic nitrogens is 1. The van der Waals surface area contributed by atoms with Gasteiger partial charge in [0.05, 0.1) is 18.7 Å². The van der Waals surface area contributed by atoms with Gasteiger partial charge in [-0.25, -0.2) is 4.79 Å². The molecule has 152 valence electrons. The molecule has 1 amide bonds. The van der Waals surface area contributed by atoms with Crippen molar-refractivity contribution >= 4 is 23.6 Å². The standard InChI is InChI=1S/C21H22N2O6/c1-2-28-19(25)13-18(24)15-23-11-6-9-17(14-23)20(26)22-10-12-29-21(27)16-7-4-3-5-8-16/h3-9,11,14H,2,10,12-13,15H2,1H3/p+1. The molecule has 0 atom stereocenters. The highest BCUT2D eigenvalue weighted by Crippen LogP contribution is 2.01. The van der Waals surface area contributed by atoms with E-state index in [1.165, 1.54) is 10.8 Å². The average molecular weight is 399 g/mol. The Kier molecular flexibility index (Phi) is 8.50. The molecule has 1 aromatic carbocycles. The summed E-state index contributed by atoms with van der Waals surface area (Å²) in [6.45, 7) is 2.02. The molecule has 8 heteroatoms. The van der Waals surface area contributed by atoms with Gasteiger partial charge in [0.1, 0.15) is 18.6 Å². The monoisotopic (exact) mass is 399 g/mol. The molecule has 0 aliphatic carbocycles. The van der Waals surface area contributed by atoms with Crippen LogP contribution in [0.5, 0.6) is 0 Å². The van der Waals surface area contributed by atoms with Crippen LogP contribution in [0.4, 0.5) is 0 Å². The Balaban J connectivity index is 1.79. The molecule has 0 aliphatic heterocycles. The van der Waals surface area contributed by atoms with Gasteiger partial charge in [0.2, 0.25) is 12.3 Å². The zero-order chi connectivity index (χ0) is 21.1. The Hall–Kier alpha value is -3.55. The number of nitrogens with zero attached hydrogens (tertiary/aromatic N) is 1. The van der Waals surface area contributed by atoms with E-state index >= 15 is 0 Å². The van der Waals surface area contributed by atoms with Crippen LogP contribution in [0.2, 0.25) is 0 Å². The Labute approximate surface area is 168 Å². The number of esters is 2. The number of rotatable bonds is 10. The highest BCUT2D eigenvalue weighted by atomic mass is 16.5. The third kappa shape index (κ3) is 7.53. The quantitative estimate of drug-likeness (QED) is 0.278. The van der Waals surface area contributed by atoms with Crippen LogP contribution in [-0.4, -0.2) is 43.4 Å². The summed E-state index contributed by atoms with van der Waals surface area (Å²) < 4.78 is 11.4. The van der Waals surface area contributed by atoms with E-state index in [-0.39, 0.29) is 44.4 Å². The van der Waals surface area contributed by atoms with Crippen LogP contribution in [0.15, 0.2) is 54.9 Å². The number of benzene rings is 1. The summed E-state index contributed by atoms with van der Waals surface area (Å²) in [5.74, 6) is -1.72. The molecule has 2 rings (SSSR count). The lowest BCUT2D eigenvalue weighted by Gasteiger charge is -2.06. The van der Waals surface area contributed by atoms with Crippen molar-refractivity contribution in [3.63, 3.8) is 0 Å². The van der Waals surface area contributed by atoms with E-state index in [4.69, 9.17) is 9.47 Å². The number of hydrogen-bond donors (Lipinski definition) is 1. The number of carbonyl (C=O) groups excluding carboxylic acids is 4. The first-order valence-corrected chi connectivity index (χ1v) is 9.16. The maximum absolute atomic E-state index is 12.2. The van der Waals surface area contributed by atoms with Crippen molar-refractivity contribution in [3.05, 3.63) is 66.0 Å². The second kappa shape index (κ2) is 11.3. The summed E-state index contributed by atoms with van der Waals surface area (Å²) in [5, 5.41) is 2.65. The Morgan fingerprint density at radius 1 is 0.966 bits per heavy atom. The lowest BCUT2D eigenvalue weighted by molar-refractivity contribution is -0.684. The van der Waals surface area contributed by atoms with E-state index in [9.17, 15) is 19.2 Å². The number of nitrogens with one attached hydrogen (secondary N) is 1. The summed E-state index contributed by atoms with van der Waals surface area (Å²) in [6, 6.07) is 11.8. The SMILES string of the molecule is CCOC(=O)CC(=O)C[n+]1cccc(C(=O)NCCOC(=O)c2ccccc2)c1. The van der Waals surface area contributed by atoms with Gasteiger partial charge in [-0.15, -0.1) is 0 Å². The zero-order valence-electron chi connectivity index (χ0n) is 16.1. The van der Waals surface area contributed by atoms with E-state index in [1.807, 2.05) is 0 Å². The summed E-state index contributed by atoms with van der Waals surface area (Å²) in [6.07, 6.45) is 2.82. The third-order valence-electron chi connectivity index (χ3n) is 3.76. The Morgan fingerprint density at radius 2 is 1.69 bits per heavy atom. The van der Waals surface area contributed by atoms with Crippen LogP contribution in [-0.2, 0) is 25.6 Å². The van der Waals surface area contributed by atoms with Crippen LogP contribution in [0.25, 0.3) is 0 Å². The Morgan fingerprint density at radius 3 is 2.41 bits per heavy atom. The highest BCUT2D eigenvalue weighted by Gasteiger charge is 2.17. The van der Waals surface area contributed by atoms with Gasteiger partial charge in [-0.3, -0.25) is 14.4 Å². The number of pyridine rings is 1. The van der Waals surface area contributed by atoms with Crippen molar-refractivity contribution in [2.24, 2.45) is 0 Å². The number of Topliss-reactive ketones (excluding diaryl/α,β-unsaturated/α-hetero) is 1. The van der Waals surface area contributed by atoms with Crippen molar-refractivity contribution in [2.75, 3.05) is 19.8 Å². The van der Waals surface area contributed by atoms with E-state index < -0.39 is 11.9 Å². The topological polar surface area (TPSA) is 103 Å². The zero-order valence-corrected chi connectivity index (χ0v) is 16.1. The molecular formula is C21H23N2O6+. The molecule has 0 saturated carbocycles. The lowest BCUT2D eigenvalue weighted by Crippen LogP contribution is -2.39. The number of hydrogen-bond acceptors (Lipinski definition) is 6. The molecular weight excluding hydrogens is 376 g/mol. The van der Waals surface area contributed by atoms with E-state index in [0.29, 0.717) is 11.1 Å². The van der Waals surface area contributed by atoms with Crippen LogP contribution in [0.3, 0.4) is 0 Å². The van der Waals surface area contributed by atoms with E-state index in [1.54, 1.807) is 55.6 Å². The van der Waals surface area contributed by atoms with Gasteiger partial charge in [-0.05, 0) is 25.1 Å². The average Bonchev–Trinajstić information content (AvgIpc) is 2.71. The number of carbonyl (C=O) groups is 4. The van der Waals surface area contributed by atoms with Gasteiger partial charge in [0.15, 0.2) is 12.4 Å². The first-order chi connectivity index (χ1) is 14.0. The molecule has 8 nitrogen and oxygen atoms in total. The van der Waals surface area contributed by atoms with Crippen molar-refractivity contribution in [1.29, 1.82) is 0 Å². The number of ketones is 1. The first kappa shape index (κ1) is 21.7. The summed E-state index contributed by atoms with van der Waals surface area (Å²) in [5.41, 5.74) is 0.779. The van der Waals surface area contributed by atoms with Gasteiger partial charge in [0.25, 0.3) is 5.91 Å². The van der Waals surface area contributed by atoms with Crippen molar-refractivity contribution in [3.8, 4) is 0 Å². The molecule has 2 aromatic rings. The van der Waals surface area contributed by atoms with Crippen molar-refractivity contribution < 1.29 is 33.2 Å². The molecule has 1 heterocycles. The fourth-order valence-electron chi connectivity index (χ4n) is 2.46.